The number of aromatic amines is 2. The number of phenols is 1. The van der Waals surface area contributed by atoms with Gasteiger partial charge in [-0.25, -0.2) is 14.1 Å². The van der Waals surface area contributed by atoms with Crippen LogP contribution >= 0.6 is 0 Å². The number of rotatable bonds is 8. The highest BCUT2D eigenvalue weighted by Crippen LogP contribution is 2.34. The lowest BCUT2D eigenvalue weighted by atomic mass is 9.96. The van der Waals surface area contributed by atoms with Crippen LogP contribution in [0.5, 0.6) is 5.75 Å². The van der Waals surface area contributed by atoms with Crippen LogP contribution in [0.25, 0.3) is 33.5 Å². The molecule has 190 valence electrons. The van der Waals surface area contributed by atoms with E-state index in [1.54, 1.807) is 7.05 Å². The maximum atomic E-state index is 14.1. The van der Waals surface area contributed by atoms with E-state index in [-0.39, 0.29) is 12.3 Å². The molecule has 10 nitrogen and oxygen atoms in total. The number of halogens is 1. The van der Waals surface area contributed by atoms with Gasteiger partial charge in [-0.3, -0.25) is 5.10 Å². The van der Waals surface area contributed by atoms with Crippen LogP contribution < -0.4 is 10.0 Å². The Labute approximate surface area is 208 Å². The lowest BCUT2D eigenvalue weighted by Gasteiger charge is -2.25. The highest BCUT2D eigenvalue weighted by atomic mass is 32.2. The Bertz CT molecular complexity index is 1530. The van der Waals surface area contributed by atoms with Crippen molar-refractivity contribution in [2.24, 2.45) is 0 Å². The van der Waals surface area contributed by atoms with Gasteiger partial charge in [-0.2, -0.15) is 17.8 Å². The molecule has 3 heterocycles. The molecule has 0 saturated heterocycles. The zero-order chi connectivity index (χ0) is 25.4. The molecule has 0 amide bonds. The maximum absolute atomic E-state index is 14.1. The SMILES string of the molecule is CCc1cc(O)c(F)cc1-c1ccc2c(-c3nc4c([nH]3)CCN(S(=O)(=O)NCCNC)C4)n[nH]c2c1. The Morgan fingerprint density at radius 2 is 2.06 bits per heavy atom. The minimum Gasteiger partial charge on any atom is -0.505 e. The van der Waals surface area contributed by atoms with Crippen molar-refractivity contribution in [2.45, 2.75) is 26.3 Å². The van der Waals surface area contributed by atoms with Gasteiger partial charge in [0.05, 0.1) is 17.8 Å². The number of fused-ring (bicyclic) bond motifs is 2. The smallest absolute Gasteiger partial charge is 0.279 e. The second-order valence-electron chi connectivity index (χ2n) is 8.74. The number of H-pyrrole nitrogens is 2. The van der Waals surface area contributed by atoms with Crippen LogP contribution in [-0.4, -0.2) is 64.7 Å². The molecule has 0 unspecified atom stereocenters. The summed E-state index contributed by atoms with van der Waals surface area (Å²) in [5.41, 5.74) is 5.31. The van der Waals surface area contributed by atoms with Gasteiger partial charge in [0.25, 0.3) is 10.2 Å². The maximum Gasteiger partial charge on any atom is 0.279 e. The average molecular weight is 514 g/mol. The number of nitrogens with zero attached hydrogens (tertiary/aromatic N) is 3. The fourth-order valence-corrected chi connectivity index (χ4v) is 5.68. The Hall–Kier alpha value is -3.32. The van der Waals surface area contributed by atoms with E-state index in [0.717, 1.165) is 27.7 Å². The summed E-state index contributed by atoms with van der Waals surface area (Å²) in [7, 11) is -1.83. The summed E-state index contributed by atoms with van der Waals surface area (Å²) in [5.74, 6) is -0.462. The van der Waals surface area contributed by atoms with E-state index in [1.807, 2.05) is 25.1 Å². The third kappa shape index (κ3) is 4.48. The molecular formula is C24H28FN7O3S. The highest BCUT2D eigenvalue weighted by Gasteiger charge is 2.29. The molecule has 2 aromatic carbocycles. The van der Waals surface area contributed by atoms with Crippen LogP contribution in [0.2, 0.25) is 0 Å². The number of likely N-dealkylation sites (N-methyl/N-ethyl adjacent to an activating group) is 1. The van der Waals surface area contributed by atoms with Gasteiger partial charge < -0.3 is 15.4 Å². The van der Waals surface area contributed by atoms with E-state index in [0.29, 0.717) is 55.3 Å². The average Bonchev–Trinajstić information content (AvgIpc) is 3.48. The Morgan fingerprint density at radius 3 is 2.83 bits per heavy atom. The fraction of sp³-hybridized carbons (Fsp3) is 0.333. The number of nitrogens with one attached hydrogen (secondary N) is 4. The van der Waals surface area contributed by atoms with Crippen molar-refractivity contribution >= 4 is 21.1 Å². The van der Waals surface area contributed by atoms with Gasteiger partial charge in [0, 0.05) is 37.1 Å². The van der Waals surface area contributed by atoms with Crippen LogP contribution in [0, 0.1) is 5.82 Å². The molecule has 0 bridgehead atoms. The number of hydrogen-bond acceptors (Lipinski definition) is 6. The minimum atomic E-state index is -3.59. The second kappa shape index (κ2) is 9.62. The molecule has 0 fully saturated rings. The molecular weight excluding hydrogens is 485 g/mol. The van der Waals surface area contributed by atoms with Gasteiger partial charge in [0.15, 0.2) is 17.4 Å². The molecule has 4 aromatic rings. The predicted octanol–water partition coefficient (Wildman–Crippen LogP) is 2.44. The quantitative estimate of drug-likeness (QED) is 0.229. The van der Waals surface area contributed by atoms with Crippen molar-refractivity contribution in [3.8, 4) is 28.4 Å². The van der Waals surface area contributed by atoms with E-state index < -0.39 is 16.0 Å². The van der Waals surface area contributed by atoms with Gasteiger partial charge in [0.1, 0.15) is 5.69 Å². The summed E-state index contributed by atoms with van der Waals surface area (Å²) < 4.78 is 43.3. The first-order valence-corrected chi connectivity index (χ1v) is 13.2. The molecule has 12 heteroatoms. The molecule has 36 heavy (non-hydrogen) atoms. The van der Waals surface area contributed by atoms with Crippen LogP contribution in [0.15, 0.2) is 30.3 Å². The number of benzene rings is 2. The lowest BCUT2D eigenvalue weighted by Crippen LogP contribution is -2.44. The number of phenolic OH excluding ortho intramolecular Hbond substituents is 1. The number of aromatic nitrogens is 4. The number of hydrogen-bond donors (Lipinski definition) is 5. The predicted molar refractivity (Wildman–Crippen MR) is 135 cm³/mol. The molecule has 0 radical (unpaired) electrons. The molecule has 1 aliphatic rings. The van der Waals surface area contributed by atoms with Crippen molar-refractivity contribution < 1.29 is 17.9 Å². The molecule has 0 atom stereocenters. The summed E-state index contributed by atoms with van der Waals surface area (Å²) in [6.45, 7) is 3.34. The molecule has 0 spiro atoms. The van der Waals surface area contributed by atoms with E-state index in [1.165, 1.54) is 16.4 Å². The normalized spacial score (nSPS) is 14.4. The topological polar surface area (TPSA) is 139 Å². The number of aryl methyl sites for hydroxylation is 1. The van der Waals surface area contributed by atoms with E-state index in [2.05, 4.69) is 30.2 Å². The van der Waals surface area contributed by atoms with Crippen LogP contribution in [0.4, 0.5) is 4.39 Å². The molecule has 5 N–H and O–H groups in total. The zero-order valence-corrected chi connectivity index (χ0v) is 20.8. The van der Waals surface area contributed by atoms with Crippen molar-refractivity contribution in [1.29, 1.82) is 0 Å². The third-order valence-electron chi connectivity index (χ3n) is 6.45. The first-order chi connectivity index (χ1) is 17.3. The van der Waals surface area contributed by atoms with Gasteiger partial charge in [-0.05, 0) is 54.4 Å². The number of aromatic hydroxyl groups is 1. The second-order valence-corrected chi connectivity index (χ2v) is 10.5. The monoisotopic (exact) mass is 513 g/mol. The summed E-state index contributed by atoms with van der Waals surface area (Å²) in [6.07, 6.45) is 1.17. The largest absolute Gasteiger partial charge is 0.505 e. The molecule has 5 rings (SSSR count). The lowest BCUT2D eigenvalue weighted by molar-refractivity contribution is 0.378. The Morgan fingerprint density at radius 1 is 1.22 bits per heavy atom. The molecule has 0 aliphatic carbocycles. The van der Waals surface area contributed by atoms with Crippen molar-refractivity contribution in [2.75, 3.05) is 26.7 Å². The first kappa shape index (κ1) is 24.4. The van der Waals surface area contributed by atoms with Gasteiger partial charge in [0.2, 0.25) is 0 Å². The summed E-state index contributed by atoms with van der Waals surface area (Å²) in [6, 6.07) is 8.49. The Kier molecular flexibility index (Phi) is 6.51. The highest BCUT2D eigenvalue weighted by molar-refractivity contribution is 7.87. The Balaban J connectivity index is 1.43. The molecule has 0 saturated carbocycles. The number of imidazole rings is 1. The molecule has 2 aromatic heterocycles. The first-order valence-electron chi connectivity index (χ1n) is 11.8. The minimum absolute atomic E-state index is 0.180. The summed E-state index contributed by atoms with van der Waals surface area (Å²) in [5, 5.41) is 21.0. The molecule has 1 aliphatic heterocycles. The van der Waals surface area contributed by atoms with E-state index >= 15 is 0 Å². The summed E-state index contributed by atoms with van der Waals surface area (Å²) >= 11 is 0. The standard InChI is InChI=1S/C24H28FN7O3S/c1-3-14-11-22(33)18(25)12-17(14)15-4-5-16-20(10-15)30-31-23(16)24-28-19-6-9-32(13-21(19)29-24)36(34,35)27-8-7-26-2/h4-5,10-12,26-27,33H,3,6-9,13H2,1-2H3,(H,28,29)(H,30,31). The van der Waals surface area contributed by atoms with Gasteiger partial charge in [-0.1, -0.05) is 13.0 Å². The fourth-order valence-electron chi connectivity index (χ4n) is 4.51. The van der Waals surface area contributed by atoms with Crippen LogP contribution in [0.3, 0.4) is 0 Å². The van der Waals surface area contributed by atoms with Crippen LogP contribution in [-0.2, 0) is 29.6 Å². The van der Waals surface area contributed by atoms with E-state index in [9.17, 15) is 17.9 Å². The van der Waals surface area contributed by atoms with Gasteiger partial charge >= 0.3 is 0 Å². The van der Waals surface area contributed by atoms with Crippen molar-refractivity contribution in [3.05, 3.63) is 53.1 Å². The van der Waals surface area contributed by atoms with Gasteiger partial charge in [-0.15, -0.1) is 0 Å². The van der Waals surface area contributed by atoms with Crippen molar-refractivity contribution in [3.63, 3.8) is 0 Å². The van der Waals surface area contributed by atoms with Crippen LogP contribution in [0.1, 0.15) is 23.9 Å². The van der Waals surface area contributed by atoms with Crippen molar-refractivity contribution in [1.82, 2.24) is 34.5 Å². The summed E-state index contributed by atoms with van der Waals surface area (Å²) in [4.78, 5) is 7.98. The third-order valence-corrected chi connectivity index (χ3v) is 8.01. The van der Waals surface area contributed by atoms with E-state index in [4.69, 9.17) is 0 Å². The zero-order valence-electron chi connectivity index (χ0n) is 20.0.